The van der Waals surface area contributed by atoms with Gasteiger partial charge in [-0.1, -0.05) is 11.2 Å². The summed E-state index contributed by atoms with van der Waals surface area (Å²) in [4.78, 5) is 12.1. The molecule has 7 nitrogen and oxygen atoms in total. The number of rotatable bonds is 5. The third kappa shape index (κ3) is 2.91. The first-order chi connectivity index (χ1) is 11.3. The lowest BCUT2D eigenvalue weighted by atomic mass is 10.2. The first kappa shape index (κ1) is 14.5. The van der Waals surface area contributed by atoms with E-state index in [0.29, 0.717) is 17.8 Å². The van der Waals surface area contributed by atoms with Gasteiger partial charge in [0.2, 0.25) is 11.7 Å². The number of likely N-dealkylation sites (tertiary alicyclic amines) is 1. The van der Waals surface area contributed by atoms with Crippen LogP contribution in [0.2, 0.25) is 0 Å². The summed E-state index contributed by atoms with van der Waals surface area (Å²) in [6.07, 6.45) is 5.67. The monoisotopic (exact) mass is 330 g/mol. The summed E-state index contributed by atoms with van der Waals surface area (Å²) < 4.78 is 7.40. The Morgan fingerprint density at radius 2 is 2.43 bits per heavy atom. The van der Waals surface area contributed by atoms with Crippen LogP contribution in [0.1, 0.15) is 31.7 Å². The van der Waals surface area contributed by atoms with E-state index in [4.69, 9.17) is 4.52 Å². The lowest BCUT2D eigenvalue weighted by Gasteiger charge is -2.28. The molecule has 0 aliphatic carbocycles. The van der Waals surface area contributed by atoms with Crippen LogP contribution in [0.3, 0.4) is 0 Å². The third-order valence-electron chi connectivity index (χ3n) is 4.33. The van der Waals surface area contributed by atoms with Gasteiger partial charge in [0.25, 0.3) is 0 Å². The first-order valence-electron chi connectivity index (χ1n) is 7.77. The van der Waals surface area contributed by atoms with Crippen molar-refractivity contribution in [2.45, 2.75) is 38.4 Å². The molecular weight excluding hydrogens is 312 g/mol. The van der Waals surface area contributed by atoms with E-state index in [1.54, 1.807) is 24.0 Å². The second-order valence-electron chi connectivity index (χ2n) is 5.76. The summed E-state index contributed by atoms with van der Waals surface area (Å²) in [5.41, 5.74) is 0. The Kier molecular flexibility index (Phi) is 3.92. The predicted octanol–water partition coefficient (Wildman–Crippen LogP) is 2.62. The molecule has 0 amide bonds. The molecule has 1 saturated heterocycles. The molecule has 120 valence electrons. The van der Waals surface area contributed by atoms with Gasteiger partial charge in [-0.3, -0.25) is 9.58 Å². The maximum atomic E-state index is 5.52. The third-order valence-corrected chi connectivity index (χ3v) is 5.19. The average molecular weight is 330 g/mol. The fraction of sp³-hybridized carbons (Fsp3) is 0.467. The Labute approximate surface area is 138 Å². The number of nitrogens with zero attached hydrogens (tertiary/aromatic N) is 6. The molecule has 0 aromatic carbocycles. The summed E-state index contributed by atoms with van der Waals surface area (Å²) in [5, 5.41) is 10.4. The standard InChI is InChI=1S/C15H18N6OS/c1-11(15-18-14(19-22-15)13-5-3-7-23-13)21-6-2-4-12(21)8-20-10-16-9-17-20/h3,5,7,9-12H,2,4,6,8H2,1H3. The molecule has 0 radical (unpaired) electrons. The Hall–Kier alpha value is -2.06. The van der Waals surface area contributed by atoms with Crippen LogP contribution in [0.15, 0.2) is 34.7 Å². The van der Waals surface area contributed by atoms with E-state index in [-0.39, 0.29) is 6.04 Å². The molecule has 1 aliphatic rings. The summed E-state index contributed by atoms with van der Waals surface area (Å²) in [7, 11) is 0. The zero-order chi connectivity index (χ0) is 15.6. The fourth-order valence-electron chi connectivity index (χ4n) is 3.16. The van der Waals surface area contributed by atoms with Crippen molar-refractivity contribution in [3.05, 3.63) is 36.1 Å². The van der Waals surface area contributed by atoms with Crippen LogP contribution >= 0.6 is 11.3 Å². The van der Waals surface area contributed by atoms with Gasteiger partial charge in [-0.2, -0.15) is 10.1 Å². The highest BCUT2D eigenvalue weighted by Crippen LogP contribution is 2.30. The number of hydrogen-bond acceptors (Lipinski definition) is 7. The summed E-state index contributed by atoms with van der Waals surface area (Å²) in [6.45, 7) is 4.01. The maximum absolute atomic E-state index is 5.52. The number of aromatic nitrogens is 5. The van der Waals surface area contributed by atoms with Gasteiger partial charge in [-0.25, -0.2) is 4.98 Å². The first-order valence-corrected chi connectivity index (χ1v) is 8.65. The minimum Gasteiger partial charge on any atom is -0.337 e. The molecule has 0 bridgehead atoms. The summed E-state index contributed by atoms with van der Waals surface area (Å²) >= 11 is 1.62. The Morgan fingerprint density at radius 3 is 3.22 bits per heavy atom. The van der Waals surface area contributed by atoms with Gasteiger partial charge in [0.15, 0.2) is 0 Å². The smallest absolute Gasteiger partial charge is 0.244 e. The minimum absolute atomic E-state index is 0.104. The quantitative estimate of drug-likeness (QED) is 0.716. The molecular formula is C15H18N6OS. The predicted molar refractivity (Wildman–Crippen MR) is 85.8 cm³/mol. The highest BCUT2D eigenvalue weighted by molar-refractivity contribution is 7.13. The Morgan fingerprint density at radius 1 is 1.48 bits per heavy atom. The van der Waals surface area contributed by atoms with Crippen LogP contribution in [0.5, 0.6) is 0 Å². The highest BCUT2D eigenvalue weighted by Gasteiger charge is 2.32. The number of hydrogen-bond donors (Lipinski definition) is 0. The molecule has 0 saturated carbocycles. The normalized spacial score (nSPS) is 20.1. The molecule has 4 rings (SSSR count). The van der Waals surface area contributed by atoms with E-state index >= 15 is 0 Å². The molecule has 3 aromatic rings. The van der Waals surface area contributed by atoms with Gasteiger partial charge in [0.1, 0.15) is 12.7 Å². The van der Waals surface area contributed by atoms with Crippen molar-refractivity contribution in [2.24, 2.45) is 0 Å². The molecule has 2 atom stereocenters. The van der Waals surface area contributed by atoms with Crippen molar-refractivity contribution in [1.82, 2.24) is 29.8 Å². The fourth-order valence-corrected chi connectivity index (χ4v) is 3.81. The molecule has 1 aliphatic heterocycles. The Balaban J connectivity index is 1.50. The largest absolute Gasteiger partial charge is 0.337 e. The summed E-state index contributed by atoms with van der Waals surface area (Å²) in [6, 6.07) is 4.53. The van der Waals surface area contributed by atoms with Gasteiger partial charge >= 0.3 is 0 Å². The Bertz CT molecular complexity index is 738. The van der Waals surface area contributed by atoms with Crippen LogP contribution in [-0.4, -0.2) is 42.4 Å². The van der Waals surface area contributed by atoms with Crippen LogP contribution in [-0.2, 0) is 6.54 Å². The molecule has 23 heavy (non-hydrogen) atoms. The van der Waals surface area contributed by atoms with Crippen molar-refractivity contribution in [1.29, 1.82) is 0 Å². The lowest BCUT2D eigenvalue weighted by molar-refractivity contribution is 0.144. The van der Waals surface area contributed by atoms with Gasteiger partial charge in [-0.15, -0.1) is 11.3 Å². The zero-order valence-corrected chi connectivity index (χ0v) is 13.7. The van der Waals surface area contributed by atoms with E-state index in [1.165, 1.54) is 6.42 Å². The van der Waals surface area contributed by atoms with E-state index < -0.39 is 0 Å². The second kappa shape index (κ2) is 6.21. The average Bonchev–Trinajstić information content (AvgIpc) is 3.33. The summed E-state index contributed by atoms with van der Waals surface area (Å²) in [5.74, 6) is 1.35. The molecule has 0 N–H and O–H groups in total. The molecule has 1 fully saturated rings. The highest BCUT2D eigenvalue weighted by atomic mass is 32.1. The van der Waals surface area contributed by atoms with E-state index in [0.717, 1.165) is 24.4 Å². The van der Waals surface area contributed by atoms with E-state index in [1.807, 2.05) is 22.2 Å². The van der Waals surface area contributed by atoms with Gasteiger partial charge < -0.3 is 4.52 Å². The molecule has 2 unspecified atom stereocenters. The van der Waals surface area contributed by atoms with Crippen molar-refractivity contribution in [3.8, 4) is 10.7 Å². The van der Waals surface area contributed by atoms with Gasteiger partial charge in [0, 0.05) is 6.04 Å². The van der Waals surface area contributed by atoms with Crippen molar-refractivity contribution in [3.63, 3.8) is 0 Å². The SMILES string of the molecule is CC(c1nc(-c2cccs2)no1)N1CCCC1Cn1cncn1. The lowest BCUT2D eigenvalue weighted by Crippen LogP contribution is -2.35. The molecule has 3 aromatic heterocycles. The van der Waals surface area contributed by atoms with E-state index in [2.05, 4.69) is 32.0 Å². The zero-order valence-electron chi connectivity index (χ0n) is 12.9. The van der Waals surface area contributed by atoms with E-state index in [9.17, 15) is 0 Å². The van der Waals surface area contributed by atoms with Crippen LogP contribution in [0.25, 0.3) is 10.7 Å². The van der Waals surface area contributed by atoms with Crippen LogP contribution in [0.4, 0.5) is 0 Å². The van der Waals surface area contributed by atoms with Gasteiger partial charge in [0.05, 0.1) is 17.5 Å². The van der Waals surface area contributed by atoms with Crippen molar-refractivity contribution >= 4 is 11.3 Å². The molecule has 8 heteroatoms. The topological polar surface area (TPSA) is 72.9 Å². The maximum Gasteiger partial charge on any atom is 0.244 e. The molecule has 0 spiro atoms. The van der Waals surface area contributed by atoms with Crippen molar-refractivity contribution < 1.29 is 4.52 Å². The van der Waals surface area contributed by atoms with Gasteiger partial charge in [-0.05, 0) is 37.8 Å². The van der Waals surface area contributed by atoms with Crippen LogP contribution in [0, 0.1) is 0 Å². The number of thiophene rings is 1. The van der Waals surface area contributed by atoms with Crippen LogP contribution < -0.4 is 0 Å². The van der Waals surface area contributed by atoms with Crippen molar-refractivity contribution in [2.75, 3.05) is 6.54 Å². The molecule has 4 heterocycles. The minimum atomic E-state index is 0.104. The second-order valence-corrected chi connectivity index (χ2v) is 6.71.